The topological polar surface area (TPSA) is 105 Å². The zero-order chi connectivity index (χ0) is 19.4. The molecular weight excluding hydrogens is 375 g/mol. The van der Waals surface area contributed by atoms with Crippen LogP contribution in [0.4, 0.5) is 4.39 Å². The van der Waals surface area contributed by atoms with Gasteiger partial charge in [-0.25, -0.2) is 12.8 Å². The Balaban J connectivity index is 1.62. The zero-order valence-corrected chi connectivity index (χ0v) is 15.7. The van der Waals surface area contributed by atoms with Crippen LogP contribution >= 0.6 is 0 Å². The highest BCUT2D eigenvalue weighted by Gasteiger charge is 2.39. The van der Waals surface area contributed by atoms with Crippen LogP contribution in [0, 0.1) is 5.82 Å². The van der Waals surface area contributed by atoms with Crippen molar-refractivity contribution in [2.24, 2.45) is 0 Å². The first kappa shape index (κ1) is 19.4. The summed E-state index contributed by atoms with van der Waals surface area (Å²) in [4.78, 5) is 16.6. The molecule has 0 aliphatic carbocycles. The van der Waals surface area contributed by atoms with Crippen LogP contribution in [0.3, 0.4) is 0 Å². The second-order valence-corrected chi connectivity index (χ2v) is 8.12. The van der Waals surface area contributed by atoms with Gasteiger partial charge in [-0.3, -0.25) is 4.79 Å². The van der Waals surface area contributed by atoms with E-state index >= 15 is 0 Å². The number of nitrogens with one attached hydrogen (secondary N) is 1. The van der Waals surface area contributed by atoms with Gasteiger partial charge in [0, 0.05) is 25.9 Å². The van der Waals surface area contributed by atoms with E-state index in [1.807, 2.05) is 6.92 Å². The largest absolute Gasteiger partial charge is 0.354 e. The molecule has 1 aliphatic heterocycles. The minimum absolute atomic E-state index is 0.0255. The highest BCUT2D eigenvalue weighted by atomic mass is 32.2. The number of benzene rings is 1. The van der Waals surface area contributed by atoms with Crippen molar-refractivity contribution >= 4 is 15.9 Å². The number of nitrogens with zero attached hydrogens (tertiary/aromatic N) is 3. The molecule has 146 valence electrons. The lowest BCUT2D eigenvalue weighted by atomic mass is 10.2. The summed E-state index contributed by atoms with van der Waals surface area (Å²) in [5.41, 5.74) is 0. The Morgan fingerprint density at radius 1 is 1.37 bits per heavy atom. The standard InChI is InChI=1S/C17H21FN4O4S/c1-2-16-20-15(21-26-16)9-10-19-17(23)14-4-3-11-22(14)27(24,25)13-7-5-12(18)6-8-13/h5-8,14H,2-4,9-11H2,1H3,(H,19,23). The van der Waals surface area contributed by atoms with Crippen LogP contribution in [-0.2, 0) is 27.7 Å². The first-order valence-electron chi connectivity index (χ1n) is 8.78. The van der Waals surface area contributed by atoms with Gasteiger partial charge in [0.05, 0.1) is 4.90 Å². The monoisotopic (exact) mass is 396 g/mol. The fourth-order valence-corrected chi connectivity index (χ4v) is 4.64. The molecule has 0 radical (unpaired) electrons. The Hall–Kier alpha value is -2.33. The summed E-state index contributed by atoms with van der Waals surface area (Å²) >= 11 is 0. The normalized spacial score (nSPS) is 17.9. The van der Waals surface area contributed by atoms with Gasteiger partial charge in [-0.15, -0.1) is 0 Å². The Kier molecular flexibility index (Phi) is 5.85. The molecule has 0 spiro atoms. The molecule has 2 heterocycles. The Morgan fingerprint density at radius 3 is 2.78 bits per heavy atom. The fraction of sp³-hybridized carbons (Fsp3) is 0.471. The SMILES string of the molecule is CCc1nc(CCNC(=O)C2CCCN2S(=O)(=O)c2ccc(F)cc2)no1. The van der Waals surface area contributed by atoms with Crippen LogP contribution in [0.1, 0.15) is 31.5 Å². The minimum atomic E-state index is -3.86. The molecule has 1 aromatic heterocycles. The molecule has 1 amide bonds. The van der Waals surface area contributed by atoms with E-state index in [4.69, 9.17) is 4.52 Å². The van der Waals surface area contributed by atoms with Crippen LogP contribution in [0.25, 0.3) is 0 Å². The van der Waals surface area contributed by atoms with Crippen molar-refractivity contribution in [3.63, 3.8) is 0 Å². The number of rotatable bonds is 7. The Morgan fingerprint density at radius 2 is 2.11 bits per heavy atom. The van der Waals surface area contributed by atoms with Gasteiger partial charge >= 0.3 is 0 Å². The number of sulfonamides is 1. The maximum Gasteiger partial charge on any atom is 0.243 e. The molecule has 1 aliphatic rings. The molecule has 1 saturated heterocycles. The Bertz CT molecular complexity index is 898. The lowest BCUT2D eigenvalue weighted by Crippen LogP contribution is -2.46. The molecule has 1 aromatic carbocycles. The molecular formula is C17H21FN4O4S. The summed E-state index contributed by atoms with van der Waals surface area (Å²) in [5, 5.41) is 6.54. The number of halogens is 1. The van der Waals surface area contributed by atoms with E-state index in [1.165, 1.54) is 16.4 Å². The zero-order valence-electron chi connectivity index (χ0n) is 14.9. The lowest BCUT2D eigenvalue weighted by molar-refractivity contribution is -0.124. The van der Waals surface area contributed by atoms with E-state index in [0.29, 0.717) is 37.4 Å². The average molecular weight is 396 g/mol. The molecule has 8 nitrogen and oxygen atoms in total. The number of aromatic nitrogens is 2. The third-order valence-electron chi connectivity index (χ3n) is 4.39. The summed E-state index contributed by atoms with van der Waals surface area (Å²) < 4.78 is 44.8. The molecule has 1 fully saturated rings. The number of carbonyl (C=O) groups excluding carboxylic acids is 1. The van der Waals surface area contributed by atoms with E-state index in [-0.39, 0.29) is 23.9 Å². The van der Waals surface area contributed by atoms with Crippen molar-refractivity contribution in [2.75, 3.05) is 13.1 Å². The second kappa shape index (κ2) is 8.13. The van der Waals surface area contributed by atoms with Crippen LogP contribution in [-0.4, -0.2) is 47.9 Å². The smallest absolute Gasteiger partial charge is 0.243 e. The van der Waals surface area contributed by atoms with Crippen molar-refractivity contribution in [3.8, 4) is 0 Å². The molecule has 10 heteroatoms. The molecule has 0 saturated carbocycles. The van der Waals surface area contributed by atoms with Crippen LogP contribution < -0.4 is 5.32 Å². The van der Waals surface area contributed by atoms with Crippen molar-refractivity contribution in [3.05, 3.63) is 41.8 Å². The van der Waals surface area contributed by atoms with Crippen molar-refractivity contribution in [1.82, 2.24) is 19.8 Å². The molecule has 3 rings (SSSR count). The summed E-state index contributed by atoms with van der Waals surface area (Å²) in [7, 11) is -3.86. The molecule has 0 bridgehead atoms. The van der Waals surface area contributed by atoms with Gasteiger partial charge in [0.25, 0.3) is 0 Å². The van der Waals surface area contributed by atoms with Crippen molar-refractivity contribution < 1.29 is 22.1 Å². The first-order chi connectivity index (χ1) is 12.9. The minimum Gasteiger partial charge on any atom is -0.354 e. The number of hydrogen-bond donors (Lipinski definition) is 1. The molecule has 2 aromatic rings. The third-order valence-corrected chi connectivity index (χ3v) is 6.31. The van der Waals surface area contributed by atoms with E-state index in [2.05, 4.69) is 15.5 Å². The Labute approximate surface area is 156 Å². The fourth-order valence-electron chi connectivity index (χ4n) is 2.98. The number of aryl methyl sites for hydroxylation is 1. The summed E-state index contributed by atoms with van der Waals surface area (Å²) in [6, 6.07) is 3.82. The third kappa shape index (κ3) is 4.33. The van der Waals surface area contributed by atoms with Crippen molar-refractivity contribution in [2.45, 2.75) is 43.5 Å². The van der Waals surface area contributed by atoms with Crippen LogP contribution in [0.15, 0.2) is 33.7 Å². The van der Waals surface area contributed by atoms with Gasteiger partial charge in [-0.2, -0.15) is 9.29 Å². The van der Waals surface area contributed by atoms with Crippen LogP contribution in [0.5, 0.6) is 0 Å². The summed E-state index contributed by atoms with van der Waals surface area (Å²) in [5.74, 6) is 0.146. The quantitative estimate of drug-likeness (QED) is 0.756. The highest BCUT2D eigenvalue weighted by molar-refractivity contribution is 7.89. The van der Waals surface area contributed by atoms with E-state index in [1.54, 1.807) is 0 Å². The predicted octanol–water partition coefficient (Wildman–Crippen LogP) is 1.28. The molecule has 1 unspecified atom stereocenters. The summed E-state index contributed by atoms with van der Waals surface area (Å²) in [6.45, 7) is 2.43. The maximum absolute atomic E-state index is 13.1. The van der Waals surface area contributed by atoms with Gasteiger partial charge in [-0.1, -0.05) is 12.1 Å². The van der Waals surface area contributed by atoms with E-state index in [0.717, 1.165) is 12.1 Å². The van der Waals surface area contributed by atoms with Gasteiger partial charge in [-0.05, 0) is 37.1 Å². The maximum atomic E-state index is 13.1. The molecule has 1 atom stereocenters. The molecule has 27 heavy (non-hydrogen) atoms. The van der Waals surface area contributed by atoms with Gasteiger partial charge in [0.15, 0.2) is 5.82 Å². The number of amides is 1. The van der Waals surface area contributed by atoms with Gasteiger partial charge in [0.2, 0.25) is 21.8 Å². The van der Waals surface area contributed by atoms with Crippen LogP contribution in [0.2, 0.25) is 0 Å². The second-order valence-electron chi connectivity index (χ2n) is 6.23. The lowest BCUT2D eigenvalue weighted by Gasteiger charge is -2.23. The first-order valence-corrected chi connectivity index (χ1v) is 10.2. The number of hydrogen-bond acceptors (Lipinski definition) is 6. The highest BCUT2D eigenvalue weighted by Crippen LogP contribution is 2.26. The van der Waals surface area contributed by atoms with Gasteiger partial charge < -0.3 is 9.84 Å². The van der Waals surface area contributed by atoms with Gasteiger partial charge in [0.1, 0.15) is 11.9 Å². The summed E-state index contributed by atoms with van der Waals surface area (Å²) in [6.07, 6.45) is 2.06. The number of carbonyl (C=O) groups is 1. The average Bonchev–Trinajstić information content (AvgIpc) is 3.31. The predicted molar refractivity (Wildman–Crippen MR) is 93.7 cm³/mol. The molecule has 1 N–H and O–H groups in total. The van der Waals surface area contributed by atoms with E-state index in [9.17, 15) is 17.6 Å². The van der Waals surface area contributed by atoms with Crippen molar-refractivity contribution in [1.29, 1.82) is 0 Å². The van der Waals surface area contributed by atoms with E-state index < -0.39 is 21.9 Å².